The highest BCUT2D eigenvalue weighted by molar-refractivity contribution is 5.85. The molecule has 0 aliphatic rings. The number of rotatable bonds is 3. The Morgan fingerprint density at radius 1 is 0.667 bits per heavy atom. The van der Waals surface area contributed by atoms with Gasteiger partial charge in [-0.25, -0.2) is 0 Å². The van der Waals surface area contributed by atoms with Gasteiger partial charge in [0.15, 0.2) is 0 Å². The molecule has 0 bridgehead atoms. The van der Waals surface area contributed by atoms with Gasteiger partial charge in [0, 0.05) is 12.1 Å². The Morgan fingerprint density at radius 3 is 0.917 bits per heavy atom. The lowest BCUT2D eigenvalue weighted by molar-refractivity contribution is 0.348. The van der Waals surface area contributed by atoms with Crippen molar-refractivity contribution < 1.29 is 0 Å². The predicted octanol–water partition coefficient (Wildman–Crippen LogP) is 1.80. The zero-order valence-electron chi connectivity index (χ0n) is 8.28. The molecule has 2 atom stereocenters. The summed E-state index contributed by atoms with van der Waals surface area (Å²) in [6.07, 6.45) is 0. The molecule has 2 nitrogen and oxygen atoms in total. The minimum atomic E-state index is 0. The van der Waals surface area contributed by atoms with Crippen LogP contribution < -0.4 is 11.5 Å². The molecule has 4 N–H and O–H groups in total. The van der Waals surface area contributed by atoms with E-state index < -0.39 is 0 Å². The maximum absolute atomic E-state index is 5.84. The van der Waals surface area contributed by atoms with Crippen molar-refractivity contribution in [1.82, 2.24) is 0 Å². The topological polar surface area (TPSA) is 52.0 Å². The third-order valence-electron chi connectivity index (χ3n) is 1.98. The third-order valence-corrected chi connectivity index (χ3v) is 1.98. The van der Waals surface area contributed by atoms with E-state index in [-0.39, 0.29) is 36.9 Å². The lowest BCUT2D eigenvalue weighted by Gasteiger charge is -2.26. The zero-order valence-corrected chi connectivity index (χ0v) is 9.91. The van der Waals surface area contributed by atoms with Gasteiger partial charge in [0.2, 0.25) is 0 Å². The first-order valence-corrected chi connectivity index (χ1v) is 3.98. The van der Waals surface area contributed by atoms with Crippen LogP contribution in [0.4, 0.5) is 0 Å². The van der Waals surface area contributed by atoms with Crippen LogP contribution in [-0.2, 0) is 0 Å². The molecule has 0 rings (SSSR count). The molecule has 0 aromatic rings. The van der Waals surface area contributed by atoms with Gasteiger partial charge in [-0.3, -0.25) is 0 Å². The fourth-order valence-electron chi connectivity index (χ4n) is 0.889. The molecule has 0 spiro atoms. The van der Waals surface area contributed by atoms with E-state index in [1.807, 2.05) is 0 Å². The van der Waals surface area contributed by atoms with E-state index in [0.717, 1.165) is 0 Å². The molecular weight excluding hydrogens is 195 g/mol. The van der Waals surface area contributed by atoms with Crippen LogP contribution in [-0.4, -0.2) is 12.1 Å². The van der Waals surface area contributed by atoms with E-state index in [1.54, 1.807) is 0 Å². The van der Waals surface area contributed by atoms with Gasteiger partial charge < -0.3 is 11.5 Å². The van der Waals surface area contributed by atoms with Crippen molar-refractivity contribution in [1.29, 1.82) is 0 Å². The number of hydrogen-bond acceptors (Lipinski definition) is 2. The quantitative estimate of drug-likeness (QED) is 0.757. The zero-order chi connectivity index (χ0) is 8.31. The Morgan fingerprint density at radius 2 is 0.833 bits per heavy atom. The molecule has 0 saturated heterocycles. The summed E-state index contributed by atoms with van der Waals surface area (Å²) in [6, 6.07) is 0.278. The van der Waals surface area contributed by atoms with Gasteiger partial charge in [0.25, 0.3) is 0 Å². The molecule has 12 heavy (non-hydrogen) atoms. The van der Waals surface area contributed by atoms with Crippen molar-refractivity contribution >= 4 is 24.8 Å². The van der Waals surface area contributed by atoms with E-state index in [2.05, 4.69) is 27.7 Å². The fraction of sp³-hybridized carbons (Fsp3) is 1.00. The lowest BCUT2D eigenvalue weighted by Crippen LogP contribution is -2.47. The number of halogens is 2. The Bertz CT molecular complexity index is 85.1. The van der Waals surface area contributed by atoms with Crippen LogP contribution in [0.15, 0.2) is 0 Å². The summed E-state index contributed by atoms with van der Waals surface area (Å²) in [7, 11) is 0. The monoisotopic (exact) mass is 216 g/mol. The van der Waals surface area contributed by atoms with E-state index in [0.29, 0.717) is 11.8 Å². The minimum Gasteiger partial charge on any atom is -0.326 e. The highest BCUT2D eigenvalue weighted by atomic mass is 35.5. The maximum atomic E-state index is 5.84. The number of hydrogen-bond donors (Lipinski definition) is 2. The summed E-state index contributed by atoms with van der Waals surface area (Å²) < 4.78 is 0. The smallest absolute Gasteiger partial charge is 0.0218 e. The Balaban J connectivity index is -0.000000405. The van der Waals surface area contributed by atoms with E-state index in [1.165, 1.54) is 0 Å². The molecule has 0 aliphatic carbocycles. The van der Waals surface area contributed by atoms with E-state index in [9.17, 15) is 0 Å². The lowest BCUT2D eigenvalue weighted by atomic mass is 9.90. The van der Waals surface area contributed by atoms with Crippen LogP contribution in [0.5, 0.6) is 0 Å². The molecule has 0 fully saturated rings. The summed E-state index contributed by atoms with van der Waals surface area (Å²) in [6.45, 7) is 8.42. The predicted molar refractivity (Wildman–Crippen MR) is 60.1 cm³/mol. The molecule has 0 amide bonds. The first-order chi connectivity index (χ1) is 4.46. The summed E-state index contributed by atoms with van der Waals surface area (Å²) in [5.74, 6) is 0.967. The van der Waals surface area contributed by atoms with E-state index >= 15 is 0 Å². The molecule has 0 aliphatic heterocycles. The van der Waals surface area contributed by atoms with Crippen molar-refractivity contribution in [2.24, 2.45) is 23.3 Å². The second-order valence-electron chi connectivity index (χ2n) is 3.64. The van der Waals surface area contributed by atoms with E-state index in [4.69, 9.17) is 11.5 Å². The van der Waals surface area contributed by atoms with Crippen LogP contribution in [0.2, 0.25) is 0 Å². The second-order valence-corrected chi connectivity index (χ2v) is 3.64. The molecule has 0 radical (unpaired) electrons. The summed E-state index contributed by atoms with van der Waals surface area (Å²) in [5.41, 5.74) is 11.7. The van der Waals surface area contributed by atoms with Gasteiger partial charge in [0.05, 0.1) is 0 Å². The minimum absolute atomic E-state index is 0. The van der Waals surface area contributed by atoms with Gasteiger partial charge in [-0.2, -0.15) is 0 Å². The first-order valence-electron chi connectivity index (χ1n) is 3.98. The molecule has 0 heterocycles. The molecular formula is C8H22Cl2N2. The Kier molecular flexibility index (Phi) is 12.4. The summed E-state index contributed by atoms with van der Waals surface area (Å²) in [4.78, 5) is 0. The second kappa shape index (κ2) is 8.11. The van der Waals surface area contributed by atoms with Crippen molar-refractivity contribution in [3.8, 4) is 0 Å². The van der Waals surface area contributed by atoms with Crippen LogP contribution in [0.25, 0.3) is 0 Å². The largest absolute Gasteiger partial charge is 0.326 e. The van der Waals surface area contributed by atoms with Crippen molar-refractivity contribution in [3.63, 3.8) is 0 Å². The molecule has 4 heteroatoms. The molecule has 0 aromatic carbocycles. The summed E-state index contributed by atoms with van der Waals surface area (Å²) in [5, 5.41) is 0. The normalized spacial score (nSPS) is 15.0. The molecule has 0 aromatic heterocycles. The van der Waals surface area contributed by atoms with Gasteiger partial charge >= 0.3 is 0 Å². The molecule has 0 unspecified atom stereocenters. The van der Waals surface area contributed by atoms with Crippen molar-refractivity contribution in [2.75, 3.05) is 0 Å². The average molecular weight is 217 g/mol. The summed E-state index contributed by atoms with van der Waals surface area (Å²) >= 11 is 0. The SMILES string of the molecule is CC(C)[C@H](N)[C@@H](N)C(C)C.Cl.Cl. The van der Waals surface area contributed by atoms with Crippen molar-refractivity contribution in [3.05, 3.63) is 0 Å². The fourth-order valence-corrected chi connectivity index (χ4v) is 0.889. The van der Waals surface area contributed by atoms with Gasteiger partial charge in [-0.1, -0.05) is 27.7 Å². The highest BCUT2D eigenvalue weighted by Gasteiger charge is 2.18. The Labute approximate surface area is 88.3 Å². The van der Waals surface area contributed by atoms with Gasteiger partial charge in [0.1, 0.15) is 0 Å². The van der Waals surface area contributed by atoms with Gasteiger partial charge in [-0.05, 0) is 11.8 Å². The maximum Gasteiger partial charge on any atom is 0.0218 e. The average Bonchev–Trinajstić information content (AvgIpc) is 1.84. The third kappa shape index (κ3) is 6.06. The Hall–Kier alpha value is 0.500. The van der Waals surface area contributed by atoms with Gasteiger partial charge in [-0.15, -0.1) is 24.8 Å². The molecule has 0 saturated carbocycles. The first kappa shape index (κ1) is 18.3. The van der Waals surface area contributed by atoms with Crippen LogP contribution in [0, 0.1) is 11.8 Å². The standard InChI is InChI=1S/C8H20N2.2ClH/c1-5(2)7(9)8(10)6(3)4;;/h5-8H,9-10H2,1-4H3;2*1H/t7-,8-;;/m0../s1. The van der Waals surface area contributed by atoms with Crippen LogP contribution >= 0.6 is 24.8 Å². The molecule has 78 valence electrons. The van der Waals surface area contributed by atoms with Crippen LogP contribution in [0.1, 0.15) is 27.7 Å². The van der Waals surface area contributed by atoms with Crippen LogP contribution in [0.3, 0.4) is 0 Å². The highest BCUT2D eigenvalue weighted by Crippen LogP contribution is 2.08. The number of nitrogens with two attached hydrogens (primary N) is 2. The van der Waals surface area contributed by atoms with Crippen molar-refractivity contribution in [2.45, 2.75) is 39.8 Å².